The van der Waals surface area contributed by atoms with Crippen molar-refractivity contribution in [2.24, 2.45) is 5.73 Å². The minimum atomic E-state index is -3.61. The Labute approximate surface area is 193 Å². The van der Waals surface area contributed by atoms with Crippen LogP contribution in [0.5, 0.6) is 0 Å². The molecule has 0 saturated heterocycles. The highest BCUT2D eigenvalue weighted by Gasteiger charge is 2.47. The number of carbonyl (C=O) groups is 1. The quantitative estimate of drug-likeness (QED) is 0.614. The van der Waals surface area contributed by atoms with Gasteiger partial charge in [0, 0.05) is 16.3 Å². The van der Waals surface area contributed by atoms with Gasteiger partial charge in [-0.25, -0.2) is 13.2 Å². The fraction of sp³-hybridized carbons (Fsp3) is 0.333. The van der Waals surface area contributed by atoms with E-state index in [2.05, 4.69) is 4.72 Å². The number of hydrogen-bond donors (Lipinski definition) is 2. The SMILES string of the molecule is [CH]CS(=O)(=O)Nc1cccc(-c2cc(C)c(C3=C(N)C4(CCCCC4)OC3=O)cc2Cl)c1. The Kier molecular flexibility index (Phi) is 5.98. The number of nitrogens with one attached hydrogen (secondary N) is 1. The first-order chi connectivity index (χ1) is 15.2. The first-order valence-corrected chi connectivity index (χ1v) is 12.5. The number of anilines is 1. The highest BCUT2D eigenvalue weighted by Crippen LogP contribution is 2.45. The van der Waals surface area contributed by atoms with Crippen LogP contribution < -0.4 is 10.5 Å². The van der Waals surface area contributed by atoms with Crippen molar-refractivity contribution in [2.45, 2.75) is 44.6 Å². The second-order valence-electron chi connectivity index (χ2n) is 8.34. The Bertz CT molecular complexity index is 1210. The zero-order valence-corrected chi connectivity index (χ0v) is 19.4. The molecule has 0 bridgehead atoms. The molecule has 8 heteroatoms. The second kappa shape index (κ2) is 8.45. The van der Waals surface area contributed by atoms with Crippen LogP contribution in [0.2, 0.25) is 5.02 Å². The average Bonchev–Trinajstić information content (AvgIpc) is 2.99. The predicted octanol–water partition coefficient (Wildman–Crippen LogP) is 4.70. The van der Waals surface area contributed by atoms with Gasteiger partial charge in [-0.1, -0.05) is 30.2 Å². The van der Waals surface area contributed by atoms with E-state index in [-0.39, 0.29) is 0 Å². The zero-order chi connectivity index (χ0) is 23.1. The van der Waals surface area contributed by atoms with Gasteiger partial charge in [0.25, 0.3) is 0 Å². The molecule has 32 heavy (non-hydrogen) atoms. The molecule has 4 rings (SSSR count). The first kappa shape index (κ1) is 22.7. The van der Waals surface area contributed by atoms with Crippen molar-refractivity contribution in [3.8, 4) is 11.1 Å². The van der Waals surface area contributed by atoms with E-state index < -0.39 is 27.3 Å². The van der Waals surface area contributed by atoms with Gasteiger partial charge in [-0.15, -0.1) is 0 Å². The summed E-state index contributed by atoms with van der Waals surface area (Å²) in [6.45, 7) is 7.16. The Morgan fingerprint density at radius 1 is 1.16 bits per heavy atom. The molecule has 0 atom stereocenters. The second-order valence-corrected chi connectivity index (χ2v) is 10.5. The van der Waals surface area contributed by atoms with Crippen LogP contribution >= 0.6 is 11.6 Å². The third kappa shape index (κ3) is 4.11. The molecule has 1 aliphatic carbocycles. The van der Waals surface area contributed by atoms with Crippen LogP contribution in [0.1, 0.15) is 43.2 Å². The van der Waals surface area contributed by atoms with Crippen LogP contribution in [0.4, 0.5) is 5.69 Å². The number of nitrogens with two attached hydrogens (primary N) is 1. The first-order valence-electron chi connectivity index (χ1n) is 10.5. The normalized spacial score (nSPS) is 18.2. The maximum Gasteiger partial charge on any atom is 0.341 e. The molecule has 6 nitrogen and oxygen atoms in total. The summed E-state index contributed by atoms with van der Waals surface area (Å²) >= 11 is 6.63. The lowest BCUT2D eigenvalue weighted by atomic mass is 9.81. The molecule has 2 aromatic rings. The molecule has 168 valence electrons. The van der Waals surface area contributed by atoms with E-state index >= 15 is 0 Å². The summed E-state index contributed by atoms with van der Waals surface area (Å²) in [4.78, 5) is 12.8. The third-order valence-corrected chi connectivity index (χ3v) is 7.46. The van der Waals surface area contributed by atoms with Gasteiger partial charge in [0.05, 0.1) is 17.0 Å². The third-order valence-electron chi connectivity index (χ3n) is 6.16. The van der Waals surface area contributed by atoms with Gasteiger partial charge < -0.3 is 10.5 Å². The fourth-order valence-electron chi connectivity index (χ4n) is 4.51. The Balaban J connectivity index is 1.73. The number of benzene rings is 2. The van der Waals surface area contributed by atoms with Crippen LogP contribution in [0, 0.1) is 13.8 Å². The molecule has 3 N–H and O–H groups in total. The molecule has 0 unspecified atom stereocenters. The lowest BCUT2D eigenvalue weighted by Gasteiger charge is -2.32. The van der Waals surface area contributed by atoms with Gasteiger partial charge in [-0.3, -0.25) is 4.72 Å². The van der Waals surface area contributed by atoms with Crippen LogP contribution in [0.3, 0.4) is 0 Å². The van der Waals surface area contributed by atoms with Crippen molar-refractivity contribution >= 4 is 38.9 Å². The summed E-state index contributed by atoms with van der Waals surface area (Å²) in [5.74, 6) is -0.922. The molecule has 1 aliphatic heterocycles. The molecule has 1 heterocycles. The van der Waals surface area contributed by atoms with Crippen LogP contribution in [-0.2, 0) is 19.6 Å². The Hall–Kier alpha value is -2.51. The molecule has 0 aromatic heterocycles. The van der Waals surface area contributed by atoms with Crippen molar-refractivity contribution in [1.29, 1.82) is 0 Å². The summed E-state index contributed by atoms with van der Waals surface area (Å²) in [6.07, 6.45) is 4.55. The van der Waals surface area contributed by atoms with Gasteiger partial charge in [-0.2, -0.15) is 0 Å². The number of ether oxygens (including phenoxy) is 1. The number of carbonyl (C=O) groups excluding carboxylic acids is 1. The van der Waals surface area contributed by atoms with E-state index in [1.54, 1.807) is 24.3 Å². The average molecular weight is 473 g/mol. The smallest absolute Gasteiger partial charge is 0.341 e. The lowest BCUT2D eigenvalue weighted by Crippen LogP contribution is -2.37. The summed E-state index contributed by atoms with van der Waals surface area (Å²) < 4.78 is 31.8. The van der Waals surface area contributed by atoms with E-state index in [0.29, 0.717) is 33.1 Å². The summed E-state index contributed by atoms with van der Waals surface area (Å²) in [5.41, 5.74) is 9.97. The van der Waals surface area contributed by atoms with Crippen molar-refractivity contribution < 1.29 is 17.9 Å². The number of sulfonamides is 1. The zero-order valence-electron chi connectivity index (χ0n) is 17.8. The molecule has 1 spiro atoms. The Morgan fingerprint density at radius 3 is 2.56 bits per heavy atom. The molecular formula is C24H25ClN2O4S. The highest BCUT2D eigenvalue weighted by molar-refractivity contribution is 7.92. The Morgan fingerprint density at radius 2 is 1.88 bits per heavy atom. The van der Waals surface area contributed by atoms with E-state index in [1.807, 2.05) is 19.1 Å². The highest BCUT2D eigenvalue weighted by atomic mass is 35.5. The molecule has 0 amide bonds. The van der Waals surface area contributed by atoms with Gasteiger partial charge in [0.15, 0.2) is 5.60 Å². The van der Waals surface area contributed by atoms with Crippen LogP contribution in [0.15, 0.2) is 42.1 Å². The number of rotatable bonds is 5. The fourth-order valence-corrected chi connectivity index (χ4v) is 5.36. The maximum absolute atomic E-state index is 12.8. The van der Waals surface area contributed by atoms with E-state index in [1.165, 1.54) is 0 Å². The topological polar surface area (TPSA) is 98.5 Å². The van der Waals surface area contributed by atoms with Gasteiger partial charge in [-0.05, 0) is 80.5 Å². The largest absolute Gasteiger partial charge is 0.449 e. The van der Waals surface area contributed by atoms with E-state index in [0.717, 1.165) is 43.2 Å². The monoisotopic (exact) mass is 472 g/mol. The standard InChI is InChI=1S/C24H25ClN2O4S/c1-3-32(29,30)27-17-9-7-8-16(13-17)19-12-15(2)18(14-20(19)25)21-22(26)24(31-23(21)28)10-5-4-6-11-24/h1,7-9,12-14,27H,3-6,10-11,26H2,2H3. The molecular weight excluding hydrogens is 448 g/mol. The summed E-state index contributed by atoms with van der Waals surface area (Å²) in [6, 6.07) is 10.5. The van der Waals surface area contributed by atoms with Crippen molar-refractivity contribution in [3.05, 3.63) is 65.2 Å². The molecule has 2 aliphatic rings. The minimum Gasteiger partial charge on any atom is -0.449 e. The van der Waals surface area contributed by atoms with Crippen molar-refractivity contribution in [2.75, 3.05) is 10.5 Å². The van der Waals surface area contributed by atoms with Crippen LogP contribution in [0.25, 0.3) is 16.7 Å². The minimum absolute atomic E-state index is 0.385. The number of aryl methyl sites for hydroxylation is 1. The van der Waals surface area contributed by atoms with Gasteiger partial charge >= 0.3 is 5.97 Å². The number of halogens is 1. The summed E-state index contributed by atoms with van der Waals surface area (Å²) in [5, 5.41) is 0.419. The number of esters is 1. The number of hydrogen-bond acceptors (Lipinski definition) is 5. The van der Waals surface area contributed by atoms with Crippen LogP contribution in [-0.4, -0.2) is 25.7 Å². The predicted molar refractivity (Wildman–Crippen MR) is 126 cm³/mol. The van der Waals surface area contributed by atoms with E-state index in [4.69, 9.17) is 29.0 Å². The van der Waals surface area contributed by atoms with Gasteiger partial charge in [0.2, 0.25) is 10.0 Å². The van der Waals surface area contributed by atoms with E-state index in [9.17, 15) is 13.2 Å². The molecule has 1 saturated carbocycles. The molecule has 2 aromatic carbocycles. The summed E-state index contributed by atoms with van der Waals surface area (Å²) in [7, 11) is -3.61. The molecule has 2 radical (unpaired) electrons. The van der Waals surface area contributed by atoms with Crippen molar-refractivity contribution in [3.63, 3.8) is 0 Å². The van der Waals surface area contributed by atoms with Gasteiger partial charge in [0.1, 0.15) is 0 Å². The van der Waals surface area contributed by atoms with Crippen molar-refractivity contribution in [1.82, 2.24) is 0 Å². The molecule has 1 fully saturated rings. The lowest BCUT2D eigenvalue weighted by molar-refractivity contribution is -0.147. The maximum atomic E-state index is 12.8.